The number of pyridine rings is 1. The van der Waals surface area contributed by atoms with Gasteiger partial charge in [-0.15, -0.1) is 0 Å². The first-order valence-electron chi connectivity index (χ1n) is 10.7. The molecule has 1 saturated heterocycles. The first-order valence-corrected chi connectivity index (χ1v) is 10.7. The second kappa shape index (κ2) is 9.89. The summed E-state index contributed by atoms with van der Waals surface area (Å²) in [5, 5.41) is 6.00. The monoisotopic (exact) mass is 440 g/mol. The van der Waals surface area contributed by atoms with E-state index < -0.39 is 5.92 Å². The van der Waals surface area contributed by atoms with Crippen molar-refractivity contribution >= 4 is 11.9 Å². The van der Waals surface area contributed by atoms with Gasteiger partial charge < -0.3 is 25.0 Å². The van der Waals surface area contributed by atoms with Gasteiger partial charge in [0.15, 0.2) is 0 Å². The van der Waals surface area contributed by atoms with Gasteiger partial charge in [-0.05, 0) is 38.5 Å². The molecule has 1 fully saturated rings. The minimum Gasteiger partial charge on any atom is -0.497 e. The third-order valence-electron chi connectivity index (χ3n) is 5.46. The second-order valence-corrected chi connectivity index (χ2v) is 8.99. The average molecular weight is 441 g/mol. The molecule has 3 rings (SSSR count). The molecule has 1 aliphatic heterocycles. The first kappa shape index (κ1) is 23.4. The standard InChI is InChI=1S/C24H32N4O4/c1-24(2,3)27-23(30)28-14-19(18-9-8-17(31-4)11-21(18)32-5)20(15-28)22(29)26-13-16-7-6-10-25-12-16/h6-12,19-20H,13-15H2,1-5H3,(H,26,29)(H,27,30). The van der Waals surface area contributed by atoms with E-state index in [1.54, 1.807) is 37.6 Å². The van der Waals surface area contributed by atoms with Crippen molar-refractivity contribution in [1.82, 2.24) is 20.5 Å². The van der Waals surface area contributed by atoms with Gasteiger partial charge >= 0.3 is 6.03 Å². The van der Waals surface area contributed by atoms with Crippen LogP contribution in [-0.4, -0.2) is 54.7 Å². The smallest absolute Gasteiger partial charge is 0.317 e. The van der Waals surface area contributed by atoms with Crippen molar-refractivity contribution < 1.29 is 19.1 Å². The van der Waals surface area contributed by atoms with Crippen LogP contribution in [0.15, 0.2) is 42.7 Å². The SMILES string of the molecule is COc1ccc(C2CN(C(=O)NC(C)(C)C)CC2C(=O)NCc2cccnc2)c(OC)c1. The number of carbonyl (C=O) groups excluding carboxylic acids is 2. The molecule has 0 aliphatic carbocycles. The largest absolute Gasteiger partial charge is 0.497 e. The molecule has 8 heteroatoms. The Hall–Kier alpha value is -3.29. The molecule has 0 spiro atoms. The molecule has 2 unspecified atom stereocenters. The fraction of sp³-hybridized carbons (Fsp3) is 0.458. The van der Waals surface area contributed by atoms with Crippen molar-refractivity contribution in [2.24, 2.45) is 5.92 Å². The van der Waals surface area contributed by atoms with Gasteiger partial charge in [-0.2, -0.15) is 0 Å². The van der Waals surface area contributed by atoms with Gasteiger partial charge in [0.05, 0.1) is 20.1 Å². The zero-order valence-corrected chi connectivity index (χ0v) is 19.3. The van der Waals surface area contributed by atoms with Crippen LogP contribution in [0.25, 0.3) is 0 Å². The lowest BCUT2D eigenvalue weighted by Crippen LogP contribution is -2.48. The number of likely N-dealkylation sites (tertiary alicyclic amines) is 1. The van der Waals surface area contributed by atoms with Crippen LogP contribution < -0.4 is 20.1 Å². The Balaban J connectivity index is 1.85. The molecule has 32 heavy (non-hydrogen) atoms. The summed E-state index contributed by atoms with van der Waals surface area (Å²) in [5.74, 6) is 0.568. The number of rotatable bonds is 6. The molecule has 1 aliphatic rings. The van der Waals surface area contributed by atoms with Crippen molar-refractivity contribution in [3.05, 3.63) is 53.9 Å². The molecule has 8 nitrogen and oxygen atoms in total. The number of nitrogens with one attached hydrogen (secondary N) is 2. The Labute approximate surface area is 189 Å². The highest BCUT2D eigenvalue weighted by Crippen LogP contribution is 2.39. The van der Waals surface area contributed by atoms with E-state index >= 15 is 0 Å². The summed E-state index contributed by atoms with van der Waals surface area (Å²) in [5.41, 5.74) is 1.42. The Morgan fingerprint density at radius 1 is 1.16 bits per heavy atom. The number of benzene rings is 1. The zero-order valence-electron chi connectivity index (χ0n) is 19.3. The summed E-state index contributed by atoms with van der Waals surface area (Å²) in [4.78, 5) is 31.9. The van der Waals surface area contributed by atoms with Crippen molar-refractivity contribution in [3.63, 3.8) is 0 Å². The minimum absolute atomic E-state index is 0.109. The minimum atomic E-state index is -0.417. The second-order valence-electron chi connectivity index (χ2n) is 8.99. The normalized spacial score (nSPS) is 18.2. The predicted molar refractivity (Wildman–Crippen MR) is 122 cm³/mol. The van der Waals surface area contributed by atoms with Crippen molar-refractivity contribution in [2.75, 3.05) is 27.3 Å². The number of amides is 3. The van der Waals surface area contributed by atoms with Gasteiger partial charge in [0.1, 0.15) is 11.5 Å². The summed E-state index contributed by atoms with van der Waals surface area (Å²) < 4.78 is 10.9. The number of aromatic nitrogens is 1. The number of hydrogen-bond acceptors (Lipinski definition) is 5. The summed E-state index contributed by atoms with van der Waals surface area (Å²) in [6.07, 6.45) is 3.42. The van der Waals surface area contributed by atoms with Crippen molar-refractivity contribution in [1.29, 1.82) is 0 Å². The third-order valence-corrected chi connectivity index (χ3v) is 5.46. The van der Waals surface area contributed by atoms with E-state index in [-0.39, 0.29) is 23.4 Å². The van der Waals surface area contributed by atoms with E-state index in [0.29, 0.717) is 31.1 Å². The highest BCUT2D eigenvalue weighted by atomic mass is 16.5. The van der Waals surface area contributed by atoms with Crippen LogP contribution in [0.3, 0.4) is 0 Å². The summed E-state index contributed by atoms with van der Waals surface area (Å²) in [7, 11) is 3.19. The molecule has 0 bridgehead atoms. The number of urea groups is 1. The molecular weight excluding hydrogens is 408 g/mol. The Morgan fingerprint density at radius 3 is 2.56 bits per heavy atom. The van der Waals surface area contributed by atoms with Gasteiger partial charge in [0.25, 0.3) is 0 Å². The Bertz CT molecular complexity index is 943. The molecule has 2 N–H and O–H groups in total. The number of carbonyl (C=O) groups is 2. The average Bonchev–Trinajstić information content (AvgIpc) is 3.22. The van der Waals surface area contributed by atoms with Crippen LogP contribution >= 0.6 is 0 Å². The highest BCUT2D eigenvalue weighted by molar-refractivity contribution is 5.83. The first-order chi connectivity index (χ1) is 15.2. The maximum atomic E-state index is 13.2. The van der Waals surface area contributed by atoms with Crippen LogP contribution in [0.4, 0.5) is 4.79 Å². The maximum Gasteiger partial charge on any atom is 0.317 e. The molecular formula is C24H32N4O4. The number of ether oxygens (including phenoxy) is 2. The van der Waals surface area contributed by atoms with Crippen LogP contribution in [0.5, 0.6) is 11.5 Å². The molecule has 2 heterocycles. The third kappa shape index (κ3) is 5.69. The van der Waals surface area contributed by atoms with Gasteiger partial charge in [-0.25, -0.2) is 4.79 Å². The summed E-state index contributed by atoms with van der Waals surface area (Å²) >= 11 is 0. The van der Waals surface area contributed by atoms with Crippen molar-refractivity contribution in [2.45, 2.75) is 38.8 Å². The lowest BCUT2D eigenvalue weighted by Gasteiger charge is -2.25. The van der Waals surface area contributed by atoms with E-state index in [4.69, 9.17) is 9.47 Å². The topological polar surface area (TPSA) is 92.8 Å². The fourth-order valence-electron chi connectivity index (χ4n) is 3.90. The fourth-order valence-corrected chi connectivity index (χ4v) is 3.90. The van der Waals surface area contributed by atoms with Gasteiger partial charge in [0, 0.05) is 55.1 Å². The molecule has 2 atom stereocenters. The molecule has 0 saturated carbocycles. The molecule has 3 amide bonds. The number of hydrogen-bond donors (Lipinski definition) is 2. The molecule has 172 valence electrons. The Kier molecular flexibility index (Phi) is 7.22. The van der Waals surface area contributed by atoms with Crippen LogP contribution in [0.2, 0.25) is 0 Å². The molecule has 1 aromatic heterocycles. The van der Waals surface area contributed by atoms with Gasteiger partial charge in [0.2, 0.25) is 5.91 Å². The van der Waals surface area contributed by atoms with Crippen LogP contribution in [0, 0.1) is 5.92 Å². The summed E-state index contributed by atoms with van der Waals surface area (Å²) in [6.45, 7) is 6.91. The molecule has 1 aromatic carbocycles. The maximum absolute atomic E-state index is 13.2. The van der Waals surface area contributed by atoms with Crippen molar-refractivity contribution in [3.8, 4) is 11.5 Å². The lowest BCUT2D eigenvalue weighted by molar-refractivity contribution is -0.125. The summed E-state index contributed by atoms with van der Waals surface area (Å²) in [6, 6.07) is 9.13. The van der Waals surface area contributed by atoms with Gasteiger partial charge in [-0.1, -0.05) is 12.1 Å². The van der Waals surface area contributed by atoms with Crippen LogP contribution in [0.1, 0.15) is 37.8 Å². The highest BCUT2D eigenvalue weighted by Gasteiger charge is 2.42. The van der Waals surface area contributed by atoms with E-state index in [1.165, 1.54) is 0 Å². The van der Waals surface area contributed by atoms with E-state index in [9.17, 15) is 9.59 Å². The molecule has 0 radical (unpaired) electrons. The lowest BCUT2D eigenvalue weighted by atomic mass is 9.87. The number of nitrogens with zero attached hydrogens (tertiary/aromatic N) is 2. The van der Waals surface area contributed by atoms with E-state index in [2.05, 4.69) is 15.6 Å². The van der Waals surface area contributed by atoms with Gasteiger partial charge in [-0.3, -0.25) is 9.78 Å². The quantitative estimate of drug-likeness (QED) is 0.721. The predicted octanol–water partition coefficient (Wildman–Crippen LogP) is 2.94. The van der Waals surface area contributed by atoms with E-state index in [1.807, 2.05) is 45.0 Å². The molecule has 2 aromatic rings. The Morgan fingerprint density at radius 2 is 1.94 bits per heavy atom. The van der Waals surface area contributed by atoms with E-state index in [0.717, 1.165) is 11.1 Å². The van der Waals surface area contributed by atoms with Crippen LogP contribution in [-0.2, 0) is 11.3 Å². The zero-order chi connectivity index (χ0) is 23.3. The number of methoxy groups -OCH3 is 2.